The zero-order valence-corrected chi connectivity index (χ0v) is 25.0. The Kier molecular flexibility index (Phi) is 7.62. The van der Waals surface area contributed by atoms with E-state index in [2.05, 4.69) is 6.07 Å². The Balaban J connectivity index is 1.74. The number of ketones is 4. The summed E-state index contributed by atoms with van der Waals surface area (Å²) in [5.41, 5.74) is 0.623. The van der Waals surface area contributed by atoms with Crippen LogP contribution < -0.4 is 0 Å². The first kappa shape index (κ1) is 30.3. The van der Waals surface area contributed by atoms with Gasteiger partial charge in [0.25, 0.3) is 0 Å². The molecule has 0 aromatic carbocycles. The van der Waals surface area contributed by atoms with Crippen molar-refractivity contribution in [2.45, 2.75) is 70.4 Å². The zero-order valence-electron chi connectivity index (χ0n) is 25.0. The van der Waals surface area contributed by atoms with Gasteiger partial charge in [0.05, 0.1) is 38.4 Å². The molecule has 1 fully saturated rings. The lowest BCUT2D eigenvalue weighted by Crippen LogP contribution is -2.76. The smallest absolute Gasteiger partial charge is 0.333 e. The molecule has 12 heteroatoms. The Morgan fingerprint density at radius 1 is 1.00 bits per heavy atom. The number of carbonyl (C=O) groups is 5. The Labute approximate surface area is 248 Å². The molecule has 1 saturated heterocycles. The Bertz CT molecular complexity index is 1590. The number of fused-ring (bicyclic) bond motifs is 5. The van der Waals surface area contributed by atoms with E-state index >= 15 is 0 Å². The van der Waals surface area contributed by atoms with Crippen molar-refractivity contribution in [3.05, 3.63) is 56.6 Å². The molecule has 43 heavy (non-hydrogen) atoms. The summed E-state index contributed by atoms with van der Waals surface area (Å²) < 4.78 is 16.2. The number of aliphatic hydroxyl groups is 1. The van der Waals surface area contributed by atoms with Crippen LogP contribution in [0.5, 0.6) is 0 Å². The van der Waals surface area contributed by atoms with E-state index in [4.69, 9.17) is 14.2 Å². The molecule has 0 saturated carbocycles. The lowest BCUT2D eigenvalue weighted by atomic mass is 9.66. The van der Waals surface area contributed by atoms with E-state index in [0.29, 0.717) is 5.57 Å². The van der Waals surface area contributed by atoms with Crippen LogP contribution >= 0.6 is 0 Å². The third-order valence-corrected chi connectivity index (χ3v) is 9.39. The maximum atomic E-state index is 13.9. The molecule has 3 aliphatic heterocycles. The number of nitrogens with zero attached hydrogens (tertiary/aromatic N) is 3. The monoisotopic (exact) mass is 591 g/mol. The Hall–Kier alpha value is -4.18. The van der Waals surface area contributed by atoms with Crippen molar-refractivity contribution in [3.8, 4) is 6.07 Å². The van der Waals surface area contributed by atoms with Crippen molar-refractivity contribution >= 4 is 29.1 Å². The maximum Gasteiger partial charge on any atom is 0.333 e. The first-order valence-electron chi connectivity index (χ1n) is 13.9. The lowest BCUT2D eigenvalue weighted by Gasteiger charge is -2.61. The van der Waals surface area contributed by atoms with E-state index in [0.717, 1.165) is 0 Å². The number of hydrogen-bond acceptors (Lipinski definition) is 12. The molecular formula is C31H33N3O9. The molecule has 1 unspecified atom stereocenters. The van der Waals surface area contributed by atoms with Crippen molar-refractivity contribution in [2.75, 3.05) is 27.9 Å². The van der Waals surface area contributed by atoms with E-state index in [9.17, 15) is 34.3 Å². The normalized spacial score (nSPS) is 31.6. The number of likely N-dealkylation sites (N-methyl/N-ethyl adjacent to an activating group) is 1. The van der Waals surface area contributed by atoms with Crippen LogP contribution in [0.3, 0.4) is 0 Å². The first-order chi connectivity index (χ1) is 20.4. The average molecular weight is 592 g/mol. The van der Waals surface area contributed by atoms with Crippen LogP contribution in [-0.4, -0.2) is 108 Å². The van der Waals surface area contributed by atoms with Gasteiger partial charge in [0.1, 0.15) is 18.8 Å². The van der Waals surface area contributed by atoms with Crippen LogP contribution in [0.25, 0.3) is 0 Å². The van der Waals surface area contributed by atoms with Gasteiger partial charge in [-0.1, -0.05) is 6.08 Å². The summed E-state index contributed by atoms with van der Waals surface area (Å²) in [5.74, 6) is -3.07. The van der Waals surface area contributed by atoms with Crippen LogP contribution in [0.1, 0.15) is 34.1 Å². The van der Waals surface area contributed by atoms with Gasteiger partial charge in [0.2, 0.25) is 11.6 Å². The second-order valence-electron chi connectivity index (χ2n) is 11.3. The molecule has 2 aliphatic carbocycles. The number of esters is 1. The lowest BCUT2D eigenvalue weighted by molar-refractivity contribution is -0.145. The fourth-order valence-electron chi connectivity index (χ4n) is 7.24. The van der Waals surface area contributed by atoms with Crippen LogP contribution in [0, 0.1) is 11.3 Å². The Morgan fingerprint density at radius 3 is 2.14 bits per heavy atom. The van der Waals surface area contributed by atoms with Crippen molar-refractivity contribution in [2.24, 2.45) is 0 Å². The molecule has 6 atom stereocenters. The fraction of sp³-hybridized carbons (Fsp3) is 0.484. The quantitative estimate of drug-likeness (QED) is 0.270. The number of nitriles is 1. The van der Waals surface area contributed by atoms with Gasteiger partial charge >= 0.3 is 5.97 Å². The third-order valence-electron chi connectivity index (χ3n) is 9.39. The van der Waals surface area contributed by atoms with Crippen LogP contribution in [0.15, 0.2) is 56.6 Å². The fourth-order valence-corrected chi connectivity index (χ4v) is 7.24. The second kappa shape index (κ2) is 10.8. The predicted molar refractivity (Wildman–Crippen MR) is 149 cm³/mol. The second-order valence-corrected chi connectivity index (χ2v) is 11.3. The molecule has 226 valence electrons. The van der Waals surface area contributed by atoms with Crippen molar-refractivity contribution in [3.63, 3.8) is 0 Å². The summed E-state index contributed by atoms with van der Waals surface area (Å²) in [6.45, 7) is 5.77. The number of carbonyl (C=O) groups excluding carboxylic acids is 5. The molecule has 0 radical (unpaired) electrons. The largest absolute Gasteiger partial charge is 0.492 e. The van der Waals surface area contributed by atoms with E-state index in [-0.39, 0.29) is 51.4 Å². The molecule has 1 N–H and O–H groups in total. The molecule has 5 aliphatic rings. The van der Waals surface area contributed by atoms with Gasteiger partial charge in [-0.05, 0) is 41.2 Å². The molecule has 3 heterocycles. The van der Waals surface area contributed by atoms with E-state index in [1.54, 1.807) is 36.8 Å². The molecular weight excluding hydrogens is 558 g/mol. The predicted octanol–water partition coefficient (Wildman–Crippen LogP) is 0.626. The number of Topliss-reactive ketones (excluding diaryl/α,β-unsaturated/α-hetero) is 4. The Morgan fingerprint density at radius 2 is 1.58 bits per heavy atom. The SMILES string of the molecule is C/C=C(/C)C(=O)OC[C@H]1C2=C(CC3[C@H]4C5=C(C(=O)C(C)=C(OC)C5=O)[C@H](O)[C@@H]([C@H](C#N)N31)N4C)C(=O)C(C)=C(OC)C2=O. The van der Waals surface area contributed by atoms with Gasteiger partial charge in [-0.3, -0.25) is 29.0 Å². The number of hydrogen-bond donors (Lipinski definition) is 1. The maximum absolute atomic E-state index is 13.9. The van der Waals surface area contributed by atoms with Gasteiger partial charge in [-0.2, -0.15) is 5.26 Å². The summed E-state index contributed by atoms with van der Waals surface area (Å²) in [6, 6.07) is -2.66. The van der Waals surface area contributed by atoms with Gasteiger partial charge in [0, 0.05) is 45.1 Å². The molecule has 0 aromatic heterocycles. The van der Waals surface area contributed by atoms with Crippen molar-refractivity contribution < 1.29 is 43.3 Å². The molecule has 0 spiro atoms. The minimum Gasteiger partial charge on any atom is -0.492 e. The third kappa shape index (κ3) is 4.10. The summed E-state index contributed by atoms with van der Waals surface area (Å²) in [7, 11) is 4.21. The minimum absolute atomic E-state index is 0.0223. The van der Waals surface area contributed by atoms with Crippen LogP contribution in [0.2, 0.25) is 0 Å². The summed E-state index contributed by atoms with van der Waals surface area (Å²) in [6.07, 6.45) is -0.0135. The number of methoxy groups -OCH3 is 2. The highest BCUT2D eigenvalue weighted by atomic mass is 16.5. The van der Waals surface area contributed by atoms with E-state index < -0.39 is 72.0 Å². The summed E-state index contributed by atoms with van der Waals surface area (Å²) in [5, 5.41) is 22.2. The summed E-state index contributed by atoms with van der Waals surface area (Å²) >= 11 is 0. The highest BCUT2D eigenvalue weighted by molar-refractivity contribution is 6.26. The van der Waals surface area contributed by atoms with Gasteiger partial charge in [-0.25, -0.2) is 4.79 Å². The minimum atomic E-state index is -1.53. The number of rotatable bonds is 5. The molecule has 0 aromatic rings. The number of allylic oxidation sites excluding steroid dienone is 5. The first-order valence-corrected chi connectivity index (χ1v) is 13.9. The van der Waals surface area contributed by atoms with Gasteiger partial charge < -0.3 is 19.3 Å². The molecule has 12 nitrogen and oxygen atoms in total. The van der Waals surface area contributed by atoms with Crippen LogP contribution in [-0.2, 0) is 38.2 Å². The average Bonchev–Trinajstić information content (AvgIpc) is 2.98. The van der Waals surface area contributed by atoms with E-state index in [1.165, 1.54) is 28.1 Å². The highest BCUT2D eigenvalue weighted by Crippen LogP contribution is 2.49. The van der Waals surface area contributed by atoms with Crippen molar-refractivity contribution in [1.29, 1.82) is 5.26 Å². The number of piperazine rings is 1. The standard InChI is InChI=1S/C31H33N3O9/c1-8-12(2)31(40)43-11-18-19-15(24(35)13(3)29(41-6)27(19)38)9-16-22-20-21(25(36)14(4)30(42-7)28(20)39)26(37)23(33(22)5)17(10-32)34(16)18/h8,16-18,22-23,26,37H,9,11H2,1-7H3/b12-8-/t16?,17-,18-,22-,23+,26-/m0/s1. The topological polar surface area (TPSA) is 164 Å². The summed E-state index contributed by atoms with van der Waals surface area (Å²) in [4.78, 5) is 71.0. The van der Waals surface area contributed by atoms with Crippen LogP contribution in [0.4, 0.5) is 0 Å². The zero-order chi connectivity index (χ0) is 31.7. The molecule has 2 bridgehead atoms. The molecule has 0 amide bonds. The molecule has 5 rings (SSSR count). The van der Waals surface area contributed by atoms with Gasteiger partial charge in [0.15, 0.2) is 23.1 Å². The van der Waals surface area contributed by atoms with E-state index in [1.807, 2.05) is 0 Å². The van der Waals surface area contributed by atoms with Crippen molar-refractivity contribution in [1.82, 2.24) is 9.80 Å². The van der Waals surface area contributed by atoms with Gasteiger partial charge in [-0.15, -0.1) is 0 Å². The number of ether oxygens (including phenoxy) is 3. The number of aliphatic hydroxyl groups excluding tert-OH is 1. The highest BCUT2D eigenvalue weighted by Gasteiger charge is 2.62.